The number of benzene rings is 1. The van der Waals surface area contributed by atoms with Crippen LogP contribution in [0.4, 0.5) is 21.0 Å². The summed E-state index contributed by atoms with van der Waals surface area (Å²) >= 11 is 1.32. The molecule has 0 saturated carbocycles. The summed E-state index contributed by atoms with van der Waals surface area (Å²) in [5.74, 6) is 0.713. The number of hydrogen-bond acceptors (Lipinski definition) is 9. The number of nitrogens with zero attached hydrogens (tertiary/aromatic N) is 8. The summed E-state index contributed by atoms with van der Waals surface area (Å²) in [5, 5.41) is 20.1. The monoisotopic (exact) mass is 628 g/mol. The van der Waals surface area contributed by atoms with Crippen LogP contribution in [0.15, 0.2) is 36.5 Å². The van der Waals surface area contributed by atoms with Gasteiger partial charge >= 0.3 is 0 Å². The molecule has 10 nitrogen and oxygen atoms in total. The maximum Gasteiger partial charge on any atom is 0.236 e. The van der Waals surface area contributed by atoms with Gasteiger partial charge in [0.25, 0.3) is 0 Å². The third kappa shape index (κ3) is 5.32. The molecule has 0 atom stereocenters. The molecule has 1 N–H and O–H groups in total. The number of amides is 1. The minimum Gasteiger partial charge on any atom is -0.389 e. The maximum absolute atomic E-state index is 13.6. The Kier molecular flexibility index (Phi) is 7.50. The summed E-state index contributed by atoms with van der Waals surface area (Å²) < 4.78 is 15.7. The Balaban J connectivity index is 1.10. The van der Waals surface area contributed by atoms with Crippen molar-refractivity contribution in [1.82, 2.24) is 24.2 Å². The first-order chi connectivity index (χ1) is 21.7. The number of piperidine rings is 1. The van der Waals surface area contributed by atoms with Gasteiger partial charge in [-0.15, -0.1) is 0 Å². The molecular weight excluding hydrogens is 591 g/mol. The highest BCUT2D eigenvalue weighted by Gasteiger charge is 2.46. The maximum atomic E-state index is 13.6. The lowest BCUT2D eigenvalue weighted by Crippen LogP contribution is -2.63. The summed E-state index contributed by atoms with van der Waals surface area (Å²) in [4.78, 5) is 31.2. The van der Waals surface area contributed by atoms with Crippen LogP contribution in [-0.2, 0) is 11.2 Å². The Bertz CT molecular complexity index is 1790. The van der Waals surface area contributed by atoms with Gasteiger partial charge in [-0.3, -0.25) is 14.1 Å². The topological polar surface area (TPSA) is 104 Å². The molecule has 0 unspecified atom stereocenters. The second-order valence-corrected chi connectivity index (χ2v) is 13.7. The number of aliphatic hydroxyl groups excluding tert-OH is 1. The number of thiazole rings is 1. The zero-order chi connectivity index (χ0) is 31.5. The Hall–Kier alpha value is -4.05. The number of imidazole rings is 1. The van der Waals surface area contributed by atoms with E-state index in [9.17, 15) is 19.6 Å². The number of nitriles is 1. The van der Waals surface area contributed by atoms with Crippen LogP contribution in [0.25, 0.3) is 16.9 Å². The predicted molar refractivity (Wildman–Crippen MR) is 172 cm³/mol. The molecular formula is C33H37FN8O2S. The third-order valence-electron chi connectivity index (χ3n) is 9.59. The SMILES string of the molecule is CCc1nc2c(C)cc(N3CCC4(CC3)CN(CC(=O)N3CC(O)C3)C4)cn2c1N(C)c1nc(-c2ccc(F)cc2)c(C#N)s1. The molecule has 3 saturated heterocycles. The van der Waals surface area contributed by atoms with Crippen molar-refractivity contribution in [3.8, 4) is 17.3 Å². The van der Waals surface area contributed by atoms with Gasteiger partial charge in [-0.25, -0.2) is 14.4 Å². The molecule has 0 aliphatic carbocycles. The highest BCUT2D eigenvalue weighted by atomic mass is 32.1. The van der Waals surface area contributed by atoms with Gasteiger partial charge in [0.2, 0.25) is 5.91 Å². The number of anilines is 3. The number of aliphatic hydroxyl groups is 1. The van der Waals surface area contributed by atoms with Gasteiger partial charge < -0.3 is 19.8 Å². The van der Waals surface area contributed by atoms with E-state index in [0.29, 0.717) is 40.9 Å². The van der Waals surface area contributed by atoms with E-state index in [-0.39, 0.29) is 23.2 Å². The van der Waals surface area contributed by atoms with E-state index in [0.717, 1.165) is 73.9 Å². The number of β-amino-alcohol motifs (C(OH)–C–C–N with tert-alkyl or cyclic N) is 1. The first-order valence-electron chi connectivity index (χ1n) is 15.5. The average Bonchev–Trinajstić information content (AvgIpc) is 3.61. The number of halogens is 1. The number of hydrogen-bond donors (Lipinski definition) is 1. The molecule has 3 aliphatic rings. The molecule has 0 bridgehead atoms. The molecule has 45 heavy (non-hydrogen) atoms. The van der Waals surface area contributed by atoms with Crippen molar-refractivity contribution in [2.45, 2.75) is 39.2 Å². The van der Waals surface area contributed by atoms with Crippen molar-refractivity contribution in [2.75, 3.05) is 62.7 Å². The fourth-order valence-corrected chi connectivity index (χ4v) is 7.88. The van der Waals surface area contributed by atoms with Gasteiger partial charge in [0.05, 0.1) is 24.0 Å². The Morgan fingerprint density at radius 2 is 1.91 bits per heavy atom. The van der Waals surface area contributed by atoms with Gasteiger partial charge in [-0.2, -0.15) is 5.26 Å². The molecule has 1 aromatic carbocycles. The standard InChI is InChI=1S/C33H37FN8O2S/c1-4-26-31(38(3)32-37-29(27(14-35)45-32)22-5-7-23(34)8-6-22)42-15-24(13-21(2)30(42)36-26)40-11-9-33(10-12-40)19-39(20-33)18-28(44)41-16-25(43)17-41/h5-8,13,15,25,43H,4,9-12,16-20H2,1-3H3. The summed E-state index contributed by atoms with van der Waals surface area (Å²) in [6, 6.07) is 10.6. The Morgan fingerprint density at radius 1 is 1.20 bits per heavy atom. The molecule has 3 fully saturated rings. The van der Waals surface area contributed by atoms with E-state index < -0.39 is 0 Å². The highest BCUT2D eigenvalue weighted by molar-refractivity contribution is 7.16. The number of aryl methyl sites for hydroxylation is 2. The van der Waals surface area contributed by atoms with Crippen LogP contribution in [0.5, 0.6) is 0 Å². The number of carbonyl (C=O) groups excluding carboxylic acids is 1. The van der Waals surface area contributed by atoms with Crippen LogP contribution in [0.1, 0.15) is 35.9 Å². The lowest BCUT2D eigenvalue weighted by Gasteiger charge is -2.54. The summed E-state index contributed by atoms with van der Waals surface area (Å²) in [7, 11) is 1.96. The number of fused-ring (bicyclic) bond motifs is 1. The van der Waals surface area contributed by atoms with Crippen molar-refractivity contribution < 1.29 is 14.3 Å². The zero-order valence-electron chi connectivity index (χ0n) is 25.8. The lowest BCUT2D eigenvalue weighted by molar-refractivity contribution is -0.146. The van der Waals surface area contributed by atoms with Crippen molar-refractivity contribution in [2.24, 2.45) is 5.41 Å². The van der Waals surface area contributed by atoms with Crippen LogP contribution in [0, 0.1) is 29.5 Å². The van der Waals surface area contributed by atoms with E-state index in [1.54, 1.807) is 17.0 Å². The predicted octanol–water partition coefficient (Wildman–Crippen LogP) is 4.21. The van der Waals surface area contributed by atoms with E-state index in [2.05, 4.69) is 46.4 Å². The second kappa shape index (κ2) is 11.4. The molecule has 3 aliphatic heterocycles. The van der Waals surface area contributed by atoms with Crippen LogP contribution in [-0.4, -0.2) is 94.1 Å². The van der Waals surface area contributed by atoms with Crippen molar-refractivity contribution in [1.29, 1.82) is 5.26 Å². The molecule has 234 valence electrons. The molecule has 4 aromatic rings. The largest absolute Gasteiger partial charge is 0.389 e. The summed E-state index contributed by atoms with van der Waals surface area (Å²) in [5.41, 5.74) is 5.61. The second-order valence-electron chi connectivity index (χ2n) is 12.7. The van der Waals surface area contributed by atoms with E-state index in [1.165, 1.54) is 23.5 Å². The van der Waals surface area contributed by atoms with Gasteiger partial charge in [0.15, 0.2) is 5.13 Å². The van der Waals surface area contributed by atoms with Crippen molar-refractivity contribution in [3.05, 3.63) is 58.5 Å². The van der Waals surface area contributed by atoms with Crippen molar-refractivity contribution in [3.63, 3.8) is 0 Å². The molecule has 3 aromatic heterocycles. The number of aromatic nitrogens is 3. The van der Waals surface area contributed by atoms with E-state index in [1.807, 2.05) is 11.9 Å². The molecule has 12 heteroatoms. The van der Waals surface area contributed by atoms with E-state index in [4.69, 9.17) is 9.97 Å². The minimum absolute atomic E-state index is 0.122. The van der Waals surface area contributed by atoms with Gasteiger partial charge in [-0.1, -0.05) is 18.3 Å². The number of carbonyl (C=O) groups is 1. The quantitative estimate of drug-likeness (QED) is 0.325. The average molecular weight is 629 g/mol. The first-order valence-corrected chi connectivity index (χ1v) is 16.3. The third-order valence-corrected chi connectivity index (χ3v) is 10.6. The first kappa shape index (κ1) is 29.6. The summed E-state index contributed by atoms with van der Waals surface area (Å²) in [6.07, 6.45) is 4.71. The Morgan fingerprint density at radius 3 is 2.56 bits per heavy atom. The fourth-order valence-electron chi connectivity index (χ4n) is 7.03. The summed E-state index contributed by atoms with van der Waals surface area (Å²) in [6.45, 7) is 9.38. The zero-order valence-corrected chi connectivity index (χ0v) is 26.6. The lowest BCUT2D eigenvalue weighted by atomic mass is 9.72. The minimum atomic E-state index is -0.360. The van der Waals surface area contributed by atoms with Gasteiger partial charge in [-0.05, 0) is 67.5 Å². The number of pyridine rings is 1. The number of likely N-dealkylation sites (tertiary alicyclic amines) is 2. The van der Waals surface area contributed by atoms with Gasteiger partial charge in [0, 0.05) is 58.1 Å². The highest BCUT2D eigenvalue weighted by Crippen LogP contribution is 2.42. The van der Waals surface area contributed by atoms with Crippen LogP contribution >= 0.6 is 11.3 Å². The van der Waals surface area contributed by atoms with E-state index >= 15 is 0 Å². The number of rotatable bonds is 7. The molecule has 0 radical (unpaired) electrons. The van der Waals surface area contributed by atoms with Crippen molar-refractivity contribution >= 4 is 39.5 Å². The van der Waals surface area contributed by atoms with Crippen LogP contribution in [0.2, 0.25) is 0 Å². The molecule has 1 spiro atoms. The molecule has 1 amide bonds. The fraction of sp³-hybridized carbons (Fsp3) is 0.455. The van der Waals surface area contributed by atoms with Crippen LogP contribution in [0.3, 0.4) is 0 Å². The van der Waals surface area contributed by atoms with Gasteiger partial charge in [0.1, 0.15) is 33.9 Å². The normalized spacial score (nSPS) is 18.2. The van der Waals surface area contributed by atoms with Crippen LogP contribution < -0.4 is 9.80 Å². The Labute approximate surface area is 265 Å². The molecule has 6 heterocycles. The smallest absolute Gasteiger partial charge is 0.236 e. The molecule has 7 rings (SSSR count).